The van der Waals surface area contributed by atoms with Crippen molar-refractivity contribution < 1.29 is 4.79 Å². The van der Waals surface area contributed by atoms with Crippen molar-refractivity contribution >= 4 is 11.9 Å². The van der Waals surface area contributed by atoms with Crippen molar-refractivity contribution in [2.45, 2.75) is 20.8 Å². The van der Waals surface area contributed by atoms with Crippen LogP contribution in [-0.4, -0.2) is 5.78 Å². The van der Waals surface area contributed by atoms with Crippen molar-refractivity contribution in [1.82, 2.24) is 0 Å². The third kappa shape index (κ3) is 2.61. The van der Waals surface area contributed by atoms with Crippen LogP contribution in [0.3, 0.4) is 0 Å². The lowest BCUT2D eigenvalue weighted by atomic mass is 9.93. The molecule has 1 nitrogen and oxygen atoms in total. The maximum atomic E-state index is 12.0. The molecule has 0 bridgehead atoms. The summed E-state index contributed by atoms with van der Waals surface area (Å²) in [6.45, 7) is 5.78. The van der Waals surface area contributed by atoms with Crippen LogP contribution in [0.2, 0.25) is 0 Å². The van der Waals surface area contributed by atoms with Crippen LogP contribution in [0, 0.1) is 25.2 Å². The highest BCUT2D eigenvalue weighted by molar-refractivity contribution is 6.01. The normalized spacial score (nSPS) is 10.7. The fraction of sp³-hybridized carbons (Fsp3) is 0.267. The number of hydrogen-bond acceptors (Lipinski definition) is 1. The summed E-state index contributed by atoms with van der Waals surface area (Å²) in [6.07, 6.45) is 8.64. The van der Waals surface area contributed by atoms with Gasteiger partial charge in [-0.15, -0.1) is 6.42 Å². The number of aryl methyl sites for hydroxylation is 1. The minimum Gasteiger partial charge on any atom is -0.294 e. The number of carbonyl (C=O) groups is 1. The lowest BCUT2D eigenvalue weighted by molar-refractivity contribution is 0.0939. The molecule has 0 heterocycles. The molecule has 0 saturated carbocycles. The highest BCUT2D eigenvalue weighted by Gasteiger charge is 2.14. The Kier molecular flexibility index (Phi) is 4.08. The molecule has 0 N–H and O–H groups in total. The van der Waals surface area contributed by atoms with E-state index in [9.17, 15) is 4.79 Å². The minimum absolute atomic E-state index is 0.000198. The number of allylic oxidation sites excluding steroid dienone is 1. The molecule has 0 aliphatic heterocycles. The molecule has 0 saturated heterocycles. The quantitative estimate of drug-likeness (QED) is 0.553. The summed E-state index contributed by atoms with van der Waals surface area (Å²) in [5.41, 5.74) is 2.75. The third-order valence-electron chi connectivity index (χ3n) is 2.46. The first kappa shape index (κ1) is 12.3. The van der Waals surface area contributed by atoms with Gasteiger partial charge in [0.15, 0.2) is 5.78 Å². The summed E-state index contributed by atoms with van der Waals surface area (Å²) >= 11 is 0. The lowest BCUT2D eigenvalue weighted by Gasteiger charge is -2.10. The number of ketones is 1. The predicted octanol–water partition coefficient (Wildman–Crippen LogP) is 3.48. The van der Waals surface area contributed by atoms with E-state index >= 15 is 0 Å². The average molecular weight is 212 g/mol. The van der Waals surface area contributed by atoms with Crippen LogP contribution in [0.4, 0.5) is 0 Å². The van der Waals surface area contributed by atoms with Gasteiger partial charge in [0.2, 0.25) is 0 Å². The molecule has 1 heteroatoms. The van der Waals surface area contributed by atoms with Crippen LogP contribution in [0.1, 0.15) is 35.3 Å². The Morgan fingerprint density at radius 1 is 1.44 bits per heavy atom. The number of terminal acetylenes is 1. The molecule has 0 aliphatic carbocycles. The van der Waals surface area contributed by atoms with Gasteiger partial charge in [0.25, 0.3) is 0 Å². The molecule has 0 aromatic heterocycles. The first-order chi connectivity index (χ1) is 7.57. The Balaban J connectivity index is 3.29. The zero-order valence-electron chi connectivity index (χ0n) is 9.95. The smallest absolute Gasteiger partial charge is 0.166 e. The summed E-state index contributed by atoms with van der Waals surface area (Å²) in [5.74, 6) is 2.60. The van der Waals surface area contributed by atoms with E-state index in [0.29, 0.717) is 0 Å². The molecule has 0 radical (unpaired) electrons. The van der Waals surface area contributed by atoms with E-state index in [1.54, 1.807) is 6.08 Å². The largest absolute Gasteiger partial charge is 0.294 e. The molecule has 1 aromatic carbocycles. The first-order valence-corrected chi connectivity index (χ1v) is 5.34. The number of carbonyl (C=O) groups excluding carboxylic acids is 1. The van der Waals surface area contributed by atoms with E-state index < -0.39 is 0 Å². The summed E-state index contributed by atoms with van der Waals surface area (Å²) in [7, 11) is 0. The highest BCUT2D eigenvalue weighted by Crippen LogP contribution is 2.19. The van der Waals surface area contributed by atoms with Crippen molar-refractivity contribution in [2.75, 3.05) is 0 Å². The van der Waals surface area contributed by atoms with Gasteiger partial charge in [-0.05, 0) is 30.2 Å². The Hall–Kier alpha value is -1.81. The molecule has 0 fully saturated rings. The van der Waals surface area contributed by atoms with Crippen molar-refractivity contribution in [3.63, 3.8) is 0 Å². The Bertz CT molecular complexity index is 459. The van der Waals surface area contributed by atoms with E-state index in [-0.39, 0.29) is 11.7 Å². The van der Waals surface area contributed by atoms with E-state index in [0.717, 1.165) is 16.7 Å². The van der Waals surface area contributed by atoms with Crippen LogP contribution in [0.5, 0.6) is 0 Å². The van der Waals surface area contributed by atoms with Crippen LogP contribution in [0.25, 0.3) is 6.08 Å². The molecule has 0 unspecified atom stereocenters. The van der Waals surface area contributed by atoms with Gasteiger partial charge in [-0.2, -0.15) is 0 Å². The second kappa shape index (κ2) is 5.32. The average Bonchev–Trinajstić information content (AvgIpc) is 2.26. The second-order valence-corrected chi connectivity index (χ2v) is 4.06. The SMILES string of the molecule is C#C/C=C\c1c(C)cccc1C(=O)C(C)C. The molecule has 82 valence electrons. The lowest BCUT2D eigenvalue weighted by Crippen LogP contribution is -2.09. The van der Waals surface area contributed by atoms with Gasteiger partial charge >= 0.3 is 0 Å². The number of Topliss-reactive ketones (excluding diaryl/α,β-unsaturated/α-hetero) is 1. The summed E-state index contributed by atoms with van der Waals surface area (Å²) in [5, 5.41) is 0. The molecule has 1 aromatic rings. The molecule has 0 spiro atoms. The van der Waals surface area contributed by atoms with Gasteiger partial charge in [0.1, 0.15) is 0 Å². The van der Waals surface area contributed by atoms with Gasteiger partial charge in [0.05, 0.1) is 0 Å². The standard InChI is InChI=1S/C15H16O/c1-5-6-9-13-12(4)8-7-10-14(13)15(16)11(2)3/h1,6-11H,2-4H3/b9-6-. The second-order valence-electron chi connectivity index (χ2n) is 4.06. The maximum absolute atomic E-state index is 12.0. The molecule has 0 amide bonds. The molecular weight excluding hydrogens is 196 g/mol. The molecule has 16 heavy (non-hydrogen) atoms. The van der Waals surface area contributed by atoms with E-state index in [1.807, 2.05) is 45.0 Å². The predicted molar refractivity (Wildman–Crippen MR) is 68.2 cm³/mol. The third-order valence-corrected chi connectivity index (χ3v) is 2.46. The van der Waals surface area contributed by atoms with Crippen molar-refractivity contribution in [3.8, 4) is 12.3 Å². The van der Waals surface area contributed by atoms with E-state index in [1.165, 1.54) is 0 Å². The minimum atomic E-state index is -0.000198. The van der Waals surface area contributed by atoms with Crippen LogP contribution in [-0.2, 0) is 0 Å². The van der Waals surface area contributed by atoms with Gasteiger partial charge in [0, 0.05) is 11.5 Å². The Morgan fingerprint density at radius 2 is 2.12 bits per heavy atom. The molecule has 0 aliphatic rings. The monoisotopic (exact) mass is 212 g/mol. The van der Waals surface area contributed by atoms with Crippen molar-refractivity contribution in [1.29, 1.82) is 0 Å². The zero-order chi connectivity index (χ0) is 12.1. The van der Waals surface area contributed by atoms with Crippen LogP contribution < -0.4 is 0 Å². The molecular formula is C15H16O. The van der Waals surface area contributed by atoms with E-state index in [2.05, 4.69) is 5.92 Å². The topological polar surface area (TPSA) is 17.1 Å². The van der Waals surface area contributed by atoms with Gasteiger partial charge in [-0.3, -0.25) is 4.79 Å². The fourth-order valence-electron chi connectivity index (χ4n) is 1.56. The summed E-state index contributed by atoms with van der Waals surface area (Å²) in [4.78, 5) is 12.0. The fourth-order valence-corrected chi connectivity index (χ4v) is 1.56. The Labute approximate surface area is 97.2 Å². The molecule has 1 rings (SSSR count). The number of hydrogen-bond donors (Lipinski definition) is 0. The van der Waals surface area contributed by atoms with Gasteiger partial charge in [-0.1, -0.05) is 38.0 Å². The highest BCUT2D eigenvalue weighted by atomic mass is 16.1. The molecule has 0 atom stereocenters. The maximum Gasteiger partial charge on any atom is 0.166 e. The number of benzene rings is 1. The van der Waals surface area contributed by atoms with Crippen molar-refractivity contribution in [2.24, 2.45) is 5.92 Å². The van der Waals surface area contributed by atoms with Crippen molar-refractivity contribution in [3.05, 3.63) is 41.0 Å². The van der Waals surface area contributed by atoms with Crippen LogP contribution >= 0.6 is 0 Å². The van der Waals surface area contributed by atoms with Crippen LogP contribution in [0.15, 0.2) is 24.3 Å². The Morgan fingerprint density at radius 3 is 2.69 bits per heavy atom. The zero-order valence-corrected chi connectivity index (χ0v) is 9.95. The number of rotatable bonds is 3. The van der Waals surface area contributed by atoms with Gasteiger partial charge in [-0.25, -0.2) is 0 Å². The van der Waals surface area contributed by atoms with Gasteiger partial charge < -0.3 is 0 Å². The summed E-state index contributed by atoms with van der Waals surface area (Å²) < 4.78 is 0. The first-order valence-electron chi connectivity index (χ1n) is 5.34. The van der Waals surface area contributed by atoms with E-state index in [4.69, 9.17) is 6.42 Å². The summed E-state index contributed by atoms with van der Waals surface area (Å²) in [6, 6.07) is 5.73.